The zero-order chi connectivity index (χ0) is 20.0. The molecular formula is C21H20ClN5O. The van der Waals surface area contributed by atoms with Crippen molar-refractivity contribution in [3.05, 3.63) is 75.4 Å². The number of anilines is 1. The number of rotatable bonds is 3. The highest BCUT2D eigenvalue weighted by Crippen LogP contribution is 2.38. The van der Waals surface area contributed by atoms with Gasteiger partial charge in [0.1, 0.15) is 6.04 Å². The van der Waals surface area contributed by atoms with Gasteiger partial charge in [-0.2, -0.15) is 4.98 Å². The van der Waals surface area contributed by atoms with E-state index in [0.29, 0.717) is 28.1 Å². The second kappa shape index (κ2) is 6.80. The molecule has 6 nitrogen and oxygen atoms in total. The molecule has 0 radical (unpaired) electrons. The van der Waals surface area contributed by atoms with Crippen molar-refractivity contribution in [2.75, 3.05) is 5.32 Å². The first kappa shape index (κ1) is 18.3. The molecule has 3 aromatic rings. The first-order chi connectivity index (χ1) is 13.4. The molecule has 0 spiro atoms. The van der Waals surface area contributed by atoms with Crippen molar-refractivity contribution < 1.29 is 4.79 Å². The molecule has 7 heteroatoms. The van der Waals surface area contributed by atoms with E-state index in [9.17, 15) is 4.79 Å². The van der Waals surface area contributed by atoms with Crippen LogP contribution >= 0.6 is 11.6 Å². The maximum Gasteiger partial charge on any atom is 0.248 e. The van der Waals surface area contributed by atoms with Crippen LogP contribution in [0.25, 0.3) is 11.4 Å². The lowest BCUT2D eigenvalue weighted by Gasteiger charge is -2.28. The molecule has 0 fully saturated rings. The molecular weight excluding hydrogens is 374 g/mol. The lowest BCUT2D eigenvalue weighted by Crippen LogP contribution is -2.32. The predicted octanol–water partition coefficient (Wildman–Crippen LogP) is 3.99. The van der Waals surface area contributed by atoms with Crippen molar-refractivity contribution in [1.29, 1.82) is 0 Å². The number of aromatic nitrogens is 3. The molecule has 0 saturated heterocycles. The Balaban J connectivity index is 1.90. The molecule has 2 aromatic carbocycles. The zero-order valence-corrected chi connectivity index (χ0v) is 16.6. The number of fused-ring (bicyclic) bond motifs is 1. The van der Waals surface area contributed by atoms with Gasteiger partial charge in [0.25, 0.3) is 0 Å². The van der Waals surface area contributed by atoms with Crippen LogP contribution in [0, 0.1) is 13.8 Å². The SMILES string of the molecule is CC1=C(C(N)=O)C(c2ccccc2Cl)n2nc(-c3ccc(C)c(C)c3)nc2N1. The number of halogens is 1. The Morgan fingerprint density at radius 3 is 2.57 bits per heavy atom. The number of primary amides is 1. The van der Waals surface area contributed by atoms with Crippen LogP contribution in [0.2, 0.25) is 5.02 Å². The second-order valence-corrected chi connectivity index (χ2v) is 7.36. The van der Waals surface area contributed by atoms with Gasteiger partial charge in [-0.25, -0.2) is 4.68 Å². The van der Waals surface area contributed by atoms with E-state index < -0.39 is 11.9 Å². The van der Waals surface area contributed by atoms with Crippen LogP contribution in [-0.2, 0) is 4.79 Å². The Labute approximate surface area is 168 Å². The summed E-state index contributed by atoms with van der Waals surface area (Å²) in [6.45, 7) is 5.92. The van der Waals surface area contributed by atoms with E-state index >= 15 is 0 Å². The average Bonchev–Trinajstić information content (AvgIpc) is 3.06. The highest BCUT2D eigenvalue weighted by molar-refractivity contribution is 6.31. The largest absolute Gasteiger partial charge is 0.366 e. The molecule has 2 heterocycles. The van der Waals surface area contributed by atoms with E-state index in [4.69, 9.17) is 22.4 Å². The van der Waals surface area contributed by atoms with Gasteiger partial charge in [0.2, 0.25) is 11.9 Å². The standard InChI is InChI=1S/C21H20ClN5O/c1-11-8-9-14(10-12(11)2)20-25-21-24-13(3)17(19(23)28)18(27(21)26-20)15-6-4-5-7-16(15)22/h4-10,18H,1-3H3,(H2,23,28)(H,24,25,26). The van der Waals surface area contributed by atoms with Gasteiger partial charge < -0.3 is 11.1 Å². The van der Waals surface area contributed by atoms with Gasteiger partial charge in [0.15, 0.2) is 5.82 Å². The number of nitrogens with zero attached hydrogens (tertiary/aromatic N) is 3. The fourth-order valence-corrected chi connectivity index (χ4v) is 3.70. The number of nitrogens with two attached hydrogens (primary N) is 1. The summed E-state index contributed by atoms with van der Waals surface area (Å²) in [4.78, 5) is 16.9. The van der Waals surface area contributed by atoms with Crippen molar-refractivity contribution in [1.82, 2.24) is 14.8 Å². The Morgan fingerprint density at radius 2 is 1.89 bits per heavy atom. The van der Waals surface area contributed by atoms with E-state index in [1.807, 2.05) is 30.3 Å². The van der Waals surface area contributed by atoms with E-state index in [-0.39, 0.29) is 0 Å². The van der Waals surface area contributed by atoms with Crippen molar-refractivity contribution in [2.45, 2.75) is 26.8 Å². The summed E-state index contributed by atoms with van der Waals surface area (Å²) in [5.74, 6) is 0.589. The van der Waals surface area contributed by atoms with E-state index in [1.165, 1.54) is 5.56 Å². The first-order valence-electron chi connectivity index (χ1n) is 8.93. The topological polar surface area (TPSA) is 85.8 Å². The van der Waals surface area contributed by atoms with Gasteiger partial charge in [0, 0.05) is 21.8 Å². The number of benzene rings is 2. The third kappa shape index (κ3) is 2.96. The third-order valence-corrected chi connectivity index (χ3v) is 5.43. The molecule has 1 aromatic heterocycles. The maximum atomic E-state index is 12.2. The number of hydrogen-bond acceptors (Lipinski definition) is 4. The van der Waals surface area contributed by atoms with Gasteiger partial charge in [0.05, 0.1) is 5.57 Å². The molecule has 1 amide bonds. The minimum absolute atomic E-state index is 0.414. The molecule has 1 aliphatic heterocycles. The van der Waals surface area contributed by atoms with Gasteiger partial charge in [-0.15, -0.1) is 5.10 Å². The van der Waals surface area contributed by atoms with Crippen LogP contribution < -0.4 is 11.1 Å². The highest BCUT2D eigenvalue weighted by Gasteiger charge is 2.34. The van der Waals surface area contributed by atoms with Crippen LogP contribution in [0.3, 0.4) is 0 Å². The van der Waals surface area contributed by atoms with Crippen LogP contribution in [0.15, 0.2) is 53.7 Å². The Bertz CT molecular complexity index is 1130. The number of aryl methyl sites for hydroxylation is 2. The molecule has 0 bridgehead atoms. The molecule has 142 valence electrons. The van der Waals surface area contributed by atoms with Crippen LogP contribution in [0.1, 0.15) is 29.7 Å². The molecule has 0 aliphatic carbocycles. The number of hydrogen-bond donors (Lipinski definition) is 2. The van der Waals surface area contributed by atoms with Gasteiger partial charge in [-0.05, 0) is 44.0 Å². The molecule has 1 aliphatic rings. The van der Waals surface area contributed by atoms with Gasteiger partial charge in [-0.1, -0.05) is 41.9 Å². The maximum absolute atomic E-state index is 12.2. The molecule has 1 atom stereocenters. The summed E-state index contributed by atoms with van der Waals surface area (Å²) < 4.78 is 1.68. The average molecular weight is 394 g/mol. The monoisotopic (exact) mass is 393 g/mol. The van der Waals surface area contributed by atoms with E-state index in [1.54, 1.807) is 17.7 Å². The smallest absolute Gasteiger partial charge is 0.248 e. The Hall–Kier alpha value is -3.12. The van der Waals surface area contributed by atoms with E-state index in [0.717, 1.165) is 16.7 Å². The fraction of sp³-hybridized carbons (Fsp3) is 0.190. The normalized spacial score (nSPS) is 15.9. The van der Waals surface area contributed by atoms with Crippen molar-refractivity contribution >= 4 is 23.5 Å². The van der Waals surface area contributed by atoms with Crippen molar-refractivity contribution in [3.63, 3.8) is 0 Å². The summed E-state index contributed by atoms with van der Waals surface area (Å²) >= 11 is 6.45. The van der Waals surface area contributed by atoms with E-state index in [2.05, 4.69) is 30.2 Å². The minimum atomic E-state index is -0.546. The highest BCUT2D eigenvalue weighted by atomic mass is 35.5. The Kier molecular flexibility index (Phi) is 4.43. The second-order valence-electron chi connectivity index (χ2n) is 6.95. The molecule has 0 saturated carbocycles. The molecule has 3 N–H and O–H groups in total. The predicted molar refractivity (Wildman–Crippen MR) is 110 cm³/mol. The number of amides is 1. The number of carbonyl (C=O) groups is 1. The summed E-state index contributed by atoms with van der Waals surface area (Å²) in [5, 5.41) is 8.39. The number of carbonyl (C=O) groups excluding carboxylic acids is 1. The quantitative estimate of drug-likeness (QED) is 0.704. The summed E-state index contributed by atoms with van der Waals surface area (Å²) in [7, 11) is 0. The Morgan fingerprint density at radius 1 is 1.14 bits per heavy atom. The first-order valence-corrected chi connectivity index (χ1v) is 9.31. The third-order valence-electron chi connectivity index (χ3n) is 5.08. The fourth-order valence-electron chi connectivity index (χ4n) is 3.46. The minimum Gasteiger partial charge on any atom is -0.366 e. The van der Waals surface area contributed by atoms with Crippen LogP contribution in [0.5, 0.6) is 0 Å². The zero-order valence-electron chi connectivity index (χ0n) is 15.8. The number of allylic oxidation sites excluding steroid dienone is 1. The van der Waals surface area contributed by atoms with Crippen molar-refractivity contribution in [2.24, 2.45) is 5.73 Å². The molecule has 1 unspecified atom stereocenters. The van der Waals surface area contributed by atoms with Crippen LogP contribution in [0.4, 0.5) is 5.95 Å². The lowest BCUT2D eigenvalue weighted by molar-refractivity contribution is -0.115. The lowest BCUT2D eigenvalue weighted by atomic mass is 9.95. The summed E-state index contributed by atoms with van der Waals surface area (Å²) in [6, 6.07) is 12.9. The van der Waals surface area contributed by atoms with Crippen LogP contribution in [-0.4, -0.2) is 20.7 Å². The van der Waals surface area contributed by atoms with Gasteiger partial charge >= 0.3 is 0 Å². The van der Waals surface area contributed by atoms with Crippen molar-refractivity contribution in [3.8, 4) is 11.4 Å². The molecule has 28 heavy (non-hydrogen) atoms. The summed E-state index contributed by atoms with van der Waals surface area (Å²) in [5.41, 5.74) is 10.8. The molecule has 4 rings (SSSR count). The van der Waals surface area contributed by atoms with Gasteiger partial charge in [-0.3, -0.25) is 4.79 Å². The number of nitrogens with one attached hydrogen (secondary N) is 1. The summed E-state index contributed by atoms with van der Waals surface area (Å²) in [6.07, 6.45) is 0.